The molecule has 0 aliphatic carbocycles. The number of carbonyl (C=O) groups is 1. The molecule has 0 spiro atoms. The Bertz CT molecular complexity index is 866. The third kappa shape index (κ3) is 5.43. The smallest absolute Gasteiger partial charge is 0.262 e. The molecule has 2 aromatic rings. The van der Waals surface area contributed by atoms with Crippen molar-refractivity contribution in [3.8, 4) is 11.5 Å². The van der Waals surface area contributed by atoms with E-state index in [4.69, 9.17) is 25.8 Å². The molecule has 1 aliphatic heterocycles. The summed E-state index contributed by atoms with van der Waals surface area (Å²) in [5, 5.41) is 3.49. The highest BCUT2D eigenvalue weighted by Crippen LogP contribution is 2.34. The first-order valence-electron chi connectivity index (χ1n) is 9.44. The Hall–Kier alpha value is -2.70. The number of ether oxygens (including phenoxy) is 3. The van der Waals surface area contributed by atoms with E-state index in [1.807, 2.05) is 36.4 Å². The van der Waals surface area contributed by atoms with Gasteiger partial charge < -0.3 is 24.4 Å². The maximum Gasteiger partial charge on any atom is 0.262 e. The first-order valence-corrected chi connectivity index (χ1v) is 9.82. The number of carbonyl (C=O) groups excluding carboxylic acids is 1. The summed E-state index contributed by atoms with van der Waals surface area (Å²) in [4.78, 5) is 14.6. The van der Waals surface area contributed by atoms with E-state index in [2.05, 4.69) is 16.8 Å². The molecule has 1 aliphatic rings. The van der Waals surface area contributed by atoms with Gasteiger partial charge in [0.2, 0.25) is 0 Å². The average Bonchev–Trinajstić information content (AvgIpc) is 2.73. The van der Waals surface area contributed by atoms with Crippen LogP contribution in [0.5, 0.6) is 11.5 Å². The Balaban J connectivity index is 1.67. The van der Waals surface area contributed by atoms with Crippen LogP contribution >= 0.6 is 11.6 Å². The van der Waals surface area contributed by atoms with E-state index in [1.165, 1.54) is 0 Å². The third-order valence-corrected chi connectivity index (χ3v) is 4.86. The highest BCUT2D eigenvalue weighted by atomic mass is 35.5. The number of allylic oxidation sites excluding steroid dienone is 1. The molecule has 29 heavy (non-hydrogen) atoms. The monoisotopic (exact) mass is 416 g/mol. The van der Waals surface area contributed by atoms with Crippen LogP contribution < -0.4 is 19.7 Å². The van der Waals surface area contributed by atoms with Crippen LogP contribution in [0.2, 0.25) is 5.02 Å². The summed E-state index contributed by atoms with van der Waals surface area (Å²) >= 11 is 6.41. The van der Waals surface area contributed by atoms with E-state index >= 15 is 0 Å². The van der Waals surface area contributed by atoms with Gasteiger partial charge in [-0.05, 0) is 36.2 Å². The Morgan fingerprint density at radius 3 is 2.79 bits per heavy atom. The molecule has 0 atom stereocenters. The summed E-state index contributed by atoms with van der Waals surface area (Å²) in [5.74, 6) is 0.808. The topological polar surface area (TPSA) is 60.0 Å². The maximum atomic E-state index is 12.5. The minimum Gasteiger partial charge on any atom is -0.493 e. The van der Waals surface area contributed by atoms with Crippen molar-refractivity contribution in [1.82, 2.24) is 0 Å². The third-order valence-electron chi connectivity index (χ3n) is 4.56. The van der Waals surface area contributed by atoms with Crippen LogP contribution in [0.15, 0.2) is 49.1 Å². The number of nitrogens with zero attached hydrogens (tertiary/aromatic N) is 1. The molecule has 0 radical (unpaired) electrons. The Kier molecular flexibility index (Phi) is 7.38. The van der Waals surface area contributed by atoms with Crippen molar-refractivity contribution in [3.63, 3.8) is 0 Å². The number of benzene rings is 2. The molecule has 0 bridgehead atoms. The molecular formula is C22H25ClN2O4. The minimum absolute atomic E-state index is 0.147. The summed E-state index contributed by atoms with van der Waals surface area (Å²) in [5.41, 5.74) is 2.52. The number of para-hydroxylation sites is 1. The van der Waals surface area contributed by atoms with Gasteiger partial charge in [-0.3, -0.25) is 4.79 Å². The molecule has 2 aromatic carbocycles. The lowest BCUT2D eigenvalue weighted by atomic mass is 10.1. The van der Waals surface area contributed by atoms with E-state index in [1.54, 1.807) is 13.2 Å². The fourth-order valence-electron chi connectivity index (χ4n) is 3.18. The highest BCUT2D eigenvalue weighted by molar-refractivity contribution is 6.34. The molecule has 6 nitrogen and oxygen atoms in total. The van der Waals surface area contributed by atoms with Gasteiger partial charge >= 0.3 is 0 Å². The van der Waals surface area contributed by atoms with Crippen molar-refractivity contribution >= 4 is 28.9 Å². The number of hydrogen-bond acceptors (Lipinski definition) is 5. The van der Waals surface area contributed by atoms with Gasteiger partial charge in [-0.2, -0.15) is 0 Å². The number of hydrogen-bond donors (Lipinski definition) is 1. The number of morpholine rings is 1. The van der Waals surface area contributed by atoms with Crippen molar-refractivity contribution < 1.29 is 19.0 Å². The van der Waals surface area contributed by atoms with Gasteiger partial charge in [0.05, 0.1) is 36.7 Å². The van der Waals surface area contributed by atoms with Gasteiger partial charge in [-0.15, -0.1) is 6.58 Å². The van der Waals surface area contributed by atoms with Crippen molar-refractivity contribution in [3.05, 3.63) is 59.6 Å². The number of amides is 1. The largest absolute Gasteiger partial charge is 0.493 e. The molecule has 0 aromatic heterocycles. The summed E-state index contributed by atoms with van der Waals surface area (Å²) in [6, 6.07) is 11.0. The predicted octanol–water partition coefficient (Wildman–Crippen LogP) is 3.93. The molecule has 1 fully saturated rings. The normalized spacial score (nSPS) is 13.7. The van der Waals surface area contributed by atoms with Gasteiger partial charge in [0, 0.05) is 13.1 Å². The second-order valence-electron chi connectivity index (χ2n) is 6.55. The van der Waals surface area contributed by atoms with Gasteiger partial charge in [0.25, 0.3) is 5.91 Å². The first-order chi connectivity index (χ1) is 14.1. The molecule has 1 saturated heterocycles. The number of halogens is 1. The van der Waals surface area contributed by atoms with E-state index in [0.29, 0.717) is 35.4 Å². The van der Waals surface area contributed by atoms with Crippen LogP contribution in [0.25, 0.3) is 0 Å². The molecule has 1 N–H and O–H groups in total. The summed E-state index contributed by atoms with van der Waals surface area (Å²) < 4.78 is 16.5. The maximum absolute atomic E-state index is 12.5. The average molecular weight is 417 g/mol. The van der Waals surface area contributed by atoms with Crippen molar-refractivity contribution in [2.24, 2.45) is 0 Å². The van der Waals surface area contributed by atoms with Crippen molar-refractivity contribution in [2.75, 3.05) is 50.2 Å². The van der Waals surface area contributed by atoms with E-state index < -0.39 is 0 Å². The minimum atomic E-state index is -0.279. The zero-order chi connectivity index (χ0) is 20.6. The van der Waals surface area contributed by atoms with Crippen LogP contribution in [0.1, 0.15) is 5.56 Å². The van der Waals surface area contributed by atoms with Gasteiger partial charge in [-0.1, -0.05) is 29.8 Å². The van der Waals surface area contributed by atoms with Gasteiger partial charge in [0.15, 0.2) is 18.1 Å². The van der Waals surface area contributed by atoms with Crippen molar-refractivity contribution in [2.45, 2.75) is 6.42 Å². The Labute approximate surface area is 176 Å². The fourth-order valence-corrected chi connectivity index (χ4v) is 3.47. The van der Waals surface area contributed by atoms with Crippen LogP contribution in [0.4, 0.5) is 11.4 Å². The summed E-state index contributed by atoms with van der Waals surface area (Å²) in [7, 11) is 1.57. The molecule has 3 rings (SSSR count). The fraction of sp³-hybridized carbons (Fsp3) is 0.318. The van der Waals surface area contributed by atoms with Crippen LogP contribution in [0.3, 0.4) is 0 Å². The second-order valence-corrected chi connectivity index (χ2v) is 6.96. The SMILES string of the molecule is C=CCc1ccc(OCC(=O)Nc2cccc(Cl)c2N2CCOCC2)c(OC)c1. The van der Waals surface area contributed by atoms with E-state index in [-0.39, 0.29) is 12.5 Å². The van der Waals surface area contributed by atoms with Crippen molar-refractivity contribution in [1.29, 1.82) is 0 Å². The van der Waals surface area contributed by atoms with Gasteiger partial charge in [-0.25, -0.2) is 0 Å². The first kappa shape index (κ1) is 21.0. The molecule has 0 saturated carbocycles. The quantitative estimate of drug-likeness (QED) is 0.661. The van der Waals surface area contributed by atoms with Gasteiger partial charge in [0.1, 0.15) is 0 Å². The Morgan fingerprint density at radius 1 is 1.28 bits per heavy atom. The molecule has 154 valence electrons. The van der Waals surface area contributed by atoms with Crippen LogP contribution in [-0.4, -0.2) is 45.9 Å². The summed E-state index contributed by atoms with van der Waals surface area (Å²) in [6.07, 6.45) is 2.55. The lowest BCUT2D eigenvalue weighted by Gasteiger charge is -2.31. The standard InChI is InChI=1S/C22H25ClN2O4/c1-3-5-16-8-9-19(20(14-16)27-2)29-15-21(26)24-18-7-4-6-17(23)22(18)25-10-12-28-13-11-25/h3-4,6-9,14H,1,5,10-13,15H2,2H3,(H,24,26). The molecular weight excluding hydrogens is 392 g/mol. The number of anilines is 2. The molecule has 1 amide bonds. The van der Waals surface area contributed by atoms with Crippen LogP contribution in [-0.2, 0) is 16.0 Å². The zero-order valence-corrected chi connectivity index (χ0v) is 17.2. The zero-order valence-electron chi connectivity index (χ0n) is 16.4. The molecule has 7 heteroatoms. The lowest BCUT2D eigenvalue weighted by molar-refractivity contribution is -0.118. The summed E-state index contributed by atoms with van der Waals surface area (Å²) in [6.45, 7) is 6.28. The van der Waals surface area contributed by atoms with E-state index in [9.17, 15) is 4.79 Å². The number of rotatable bonds is 8. The Morgan fingerprint density at radius 2 is 2.07 bits per heavy atom. The molecule has 1 heterocycles. The van der Waals surface area contributed by atoms with Crippen LogP contribution in [0, 0.1) is 0 Å². The second kappa shape index (κ2) is 10.2. The number of methoxy groups -OCH3 is 1. The highest BCUT2D eigenvalue weighted by Gasteiger charge is 2.19. The lowest BCUT2D eigenvalue weighted by Crippen LogP contribution is -2.37. The predicted molar refractivity (Wildman–Crippen MR) is 116 cm³/mol. The number of nitrogens with one attached hydrogen (secondary N) is 1. The van der Waals surface area contributed by atoms with E-state index in [0.717, 1.165) is 30.8 Å². The molecule has 0 unspecified atom stereocenters.